The maximum absolute atomic E-state index is 11.9. The average Bonchev–Trinajstić information content (AvgIpc) is 3.05. The van der Waals surface area contributed by atoms with Crippen molar-refractivity contribution in [3.05, 3.63) is 32.2 Å². The molecule has 0 bridgehead atoms. The first-order valence-corrected chi connectivity index (χ1v) is 10.2. The first-order chi connectivity index (χ1) is 13.3. The van der Waals surface area contributed by atoms with Gasteiger partial charge in [0.1, 0.15) is 5.01 Å². The Morgan fingerprint density at radius 3 is 2.57 bits per heavy atom. The number of amides is 2. The molecule has 0 fully saturated rings. The van der Waals surface area contributed by atoms with Crippen LogP contribution in [0.15, 0.2) is 16.6 Å². The van der Waals surface area contributed by atoms with Gasteiger partial charge in [-0.25, -0.2) is 0 Å². The number of halogens is 2. The minimum atomic E-state index is -0.555. The molecule has 28 heavy (non-hydrogen) atoms. The highest BCUT2D eigenvalue weighted by atomic mass is 79.9. The number of carbonyl (C=O) groups is 3. The number of ether oxygens (including phenoxy) is 1. The minimum Gasteiger partial charge on any atom is -0.456 e. The number of aryl methyl sites for hydroxylation is 1. The summed E-state index contributed by atoms with van der Waals surface area (Å²) in [5.41, 5.74) is 1.24. The van der Waals surface area contributed by atoms with E-state index in [4.69, 9.17) is 16.3 Å². The molecule has 1 heterocycles. The van der Waals surface area contributed by atoms with Gasteiger partial charge >= 0.3 is 5.97 Å². The van der Waals surface area contributed by atoms with E-state index in [1.54, 1.807) is 26.0 Å². The lowest BCUT2D eigenvalue weighted by atomic mass is 10.2. The second-order valence-corrected chi connectivity index (χ2v) is 8.18. The number of rotatable bonds is 8. The van der Waals surface area contributed by atoms with Gasteiger partial charge in [0.15, 0.2) is 6.61 Å². The van der Waals surface area contributed by atoms with E-state index in [0.29, 0.717) is 27.8 Å². The molecule has 2 rings (SSSR count). The molecule has 0 unspecified atom stereocenters. The first-order valence-electron chi connectivity index (χ1n) is 8.26. The Morgan fingerprint density at radius 1 is 1.14 bits per heavy atom. The zero-order valence-electron chi connectivity index (χ0n) is 15.2. The predicted molar refractivity (Wildman–Crippen MR) is 111 cm³/mol. The molecule has 0 aliphatic heterocycles. The molecule has 0 saturated carbocycles. The Kier molecular flexibility index (Phi) is 8.34. The van der Waals surface area contributed by atoms with E-state index in [1.807, 2.05) is 0 Å². The summed E-state index contributed by atoms with van der Waals surface area (Å²) in [5, 5.41) is 14.5. The Balaban J connectivity index is 1.67. The standard InChI is InChI=1S/C17H18BrClN4O4S/c1-9-12(7-6-11(18)16(9)19)20-14(25)8-27-15(26)5-3-4-13(24)21-17-23-22-10(2)28-17/h6-7H,3-5,8H2,1-2H3,(H,20,25)(H,21,23,24). The number of nitrogens with one attached hydrogen (secondary N) is 2. The second-order valence-electron chi connectivity index (χ2n) is 5.77. The van der Waals surface area contributed by atoms with Crippen LogP contribution < -0.4 is 10.6 Å². The average molecular weight is 490 g/mol. The summed E-state index contributed by atoms with van der Waals surface area (Å²) >= 11 is 10.7. The van der Waals surface area contributed by atoms with Crippen molar-refractivity contribution in [2.45, 2.75) is 33.1 Å². The number of anilines is 2. The molecule has 150 valence electrons. The summed E-state index contributed by atoms with van der Waals surface area (Å²) in [7, 11) is 0. The SMILES string of the molecule is Cc1nnc(NC(=O)CCCC(=O)OCC(=O)Nc2ccc(Br)c(Cl)c2C)s1. The molecule has 2 aromatic rings. The summed E-state index contributed by atoms with van der Waals surface area (Å²) < 4.78 is 5.65. The third kappa shape index (κ3) is 6.84. The molecular weight excluding hydrogens is 472 g/mol. The molecule has 0 aliphatic rings. The molecule has 8 nitrogen and oxygen atoms in total. The van der Waals surface area contributed by atoms with Crippen molar-refractivity contribution in [3.8, 4) is 0 Å². The third-order valence-corrected chi connectivity index (χ3v) is 5.67. The zero-order valence-corrected chi connectivity index (χ0v) is 18.3. The maximum atomic E-state index is 11.9. The fraction of sp³-hybridized carbons (Fsp3) is 0.353. The molecule has 0 radical (unpaired) electrons. The van der Waals surface area contributed by atoms with Crippen LogP contribution in [0.4, 0.5) is 10.8 Å². The number of hydrogen-bond donors (Lipinski definition) is 2. The van der Waals surface area contributed by atoms with Crippen LogP contribution in [0.3, 0.4) is 0 Å². The van der Waals surface area contributed by atoms with Crippen molar-refractivity contribution in [1.29, 1.82) is 0 Å². The van der Waals surface area contributed by atoms with Gasteiger partial charge in [0, 0.05) is 23.0 Å². The Morgan fingerprint density at radius 2 is 1.89 bits per heavy atom. The van der Waals surface area contributed by atoms with Crippen molar-refractivity contribution >= 4 is 67.5 Å². The molecular formula is C17H18BrClN4O4S. The number of carbonyl (C=O) groups excluding carboxylic acids is 3. The Bertz CT molecular complexity index is 890. The monoisotopic (exact) mass is 488 g/mol. The smallest absolute Gasteiger partial charge is 0.306 e. The lowest BCUT2D eigenvalue weighted by Gasteiger charge is -2.11. The first kappa shape index (κ1) is 22.3. The Hall–Kier alpha value is -2.04. The van der Waals surface area contributed by atoms with Gasteiger partial charge < -0.3 is 15.4 Å². The third-order valence-electron chi connectivity index (χ3n) is 3.53. The quantitative estimate of drug-likeness (QED) is 0.545. The minimum absolute atomic E-state index is 0.0268. The lowest BCUT2D eigenvalue weighted by Crippen LogP contribution is -2.21. The molecule has 2 amide bonds. The van der Waals surface area contributed by atoms with Gasteiger partial charge in [-0.2, -0.15) is 0 Å². The van der Waals surface area contributed by atoms with Crippen LogP contribution in [0.1, 0.15) is 29.8 Å². The number of aromatic nitrogens is 2. The van der Waals surface area contributed by atoms with Gasteiger partial charge in [0.05, 0.1) is 5.02 Å². The van der Waals surface area contributed by atoms with Crippen molar-refractivity contribution < 1.29 is 19.1 Å². The van der Waals surface area contributed by atoms with Crippen LogP contribution in [0.2, 0.25) is 5.02 Å². The highest BCUT2D eigenvalue weighted by molar-refractivity contribution is 9.10. The summed E-state index contributed by atoms with van der Waals surface area (Å²) in [6, 6.07) is 3.41. The van der Waals surface area contributed by atoms with E-state index in [9.17, 15) is 14.4 Å². The van der Waals surface area contributed by atoms with Gasteiger partial charge in [-0.1, -0.05) is 22.9 Å². The van der Waals surface area contributed by atoms with Crippen molar-refractivity contribution in [3.63, 3.8) is 0 Å². The zero-order chi connectivity index (χ0) is 20.7. The highest BCUT2D eigenvalue weighted by Gasteiger charge is 2.13. The fourth-order valence-electron chi connectivity index (χ4n) is 2.11. The van der Waals surface area contributed by atoms with Crippen molar-refractivity contribution in [2.24, 2.45) is 0 Å². The van der Waals surface area contributed by atoms with Crippen LogP contribution in [0.25, 0.3) is 0 Å². The number of esters is 1. The molecule has 0 aliphatic carbocycles. The number of benzene rings is 1. The van der Waals surface area contributed by atoms with Crippen molar-refractivity contribution in [1.82, 2.24) is 10.2 Å². The molecule has 1 aromatic carbocycles. The highest BCUT2D eigenvalue weighted by Crippen LogP contribution is 2.30. The van der Waals surface area contributed by atoms with E-state index in [1.165, 1.54) is 11.3 Å². The van der Waals surface area contributed by atoms with E-state index in [-0.39, 0.29) is 18.7 Å². The van der Waals surface area contributed by atoms with Gasteiger partial charge in [0.2, 0.25) is 11.0 Å². The molecule has 2 N–H and O–H groups in total. The van der Waals surface area contributed by atoms with Crippen LogP contribution in [0, 0.1) is 13.8 Å². The van der Waals surface area contributed by atoms with E-state index in [0.717, 1.165) is 9.48 Å². The molecule has 0 spiro atoms. The largest absolute Gasteiger partial charge is 0.456 e. The summed E-state index contributed by atoms with van der Waals surface area (Å²) in [4.78, 5) is 35.4. The van der Waals surface area contributed by atoms with Gasteiger partial charge in [-0.05, 0) is 53.9 Å². The maximum Gasteiger partial charge on any atom is 0.306 e. The number of hydrogen-bond acceptors (Lipinski definition) is 7. The molecule has 1 aromatic heterocycles. The van der Waals surface area contributed by atoms with Crippen LogP contribution in [-0.4, -0.2) is 34.6 Å². The lowest BCUT2D eigenvalue weighted by molar-refractivity contribution is -0.147. The normalized spacial score (nSPS) is 10.4. The number of nitrogens with zero attached hydrogens (tertiary/aromatic N) is 2. The summed E-state index contributed by atoms with van der Waals surface area (Å²) in [5.74, 6) is -1.29. The van der Waals surface area contributed by atoms with Gasteiger partial charge in [-0.15, -0.1) is 10.2 Å². The van der Waals surface area contributed by atoms with Crippen LogP contribution in [-0.2, 0) is 19.1 Å². The fourth-order valence-corrected chi connectivity index (χ4v) is 3.32. The molecule has 11 heteroatoms. The van der Waals surface area contributed by atoms with Gasteiger partial charge in [-0.3, -0.25) is 14.4 Å². The van der Waals surface area contributed by atoms with Gasteiger partial charge in [0.25, 0.3) is 5.91 Å². The van der Waals surface area contributed by atoms with E-state index < -0.39 is 18.5 Å². The van der Waals surface area contributed by atoms with Crippen LogP contribution in [0.5, 0.6) is 0 Å². The Labute approximate surface area is 179 Å². The molecule has 0 saturated heterocycles. The predicted octanol–water partition coefficient (Wildman–Crippen LogP) is 3.86. The topological polar surface area (TPSA) is 110 Å². The van der Waals surface area contributed by atoms with E-state index >= 15 is 0 Å². The van der Waals surface area contributed by atoms with Crippen LogP contribution >= 0.6 is 38.9 Å². The van der Waals surface area contributed by atoms with E-state index in [2.05, 4.69) is 36.8 Å². The summed E-state index contributed by atoms with van der Waals surface area (Å²) in [6.07, 6.45) is 0.459. The second kappa shape index (κ2) is 10.5. The van der Waals surface area contributed by atoms with Crippen molar-refractivity contribution in [2.75, 3.05) is 17.2 Å². The molecule has 0 atom stereocenters. The summed E-state index contributed by atoms with van der Waals surface area (Å²) in [6.45, 7) is 3.14.